The molecule has 0 unspecified atom stereocenters. The Labute approximate surface area is 225 Å². The molecule has 204 valence electrons. The number of rotatable bonds is 14. The van der Waals surface area contributed by atoms with Crippen LogP contribution in [-0.4, -0.2) is 55.8 Å². The van der Waals surface area contributed by atoms with Gasteiger partial charge in [-0.05, 0) is 17.7 Å². The molecule has 11 nitrogen and oxygen atoms in total. The molecule has 39 heavy (non-hydrogen) atoms. The summed E-state index contributed by atoms with van der Waals surface area (Å²) in [4.78, 5) is 22.6. The molecule has 0 amide bonds. The standard InChI is InChI=1S/C28H29N3O8/c1-34-17-37-22-13-24(27(28(32)33)25(14-22)39-38-18-35-2)29-26-15-23(20-7-5-4-6-8-20)30-31(26)16-19-9-11-21(36-3)12-10-19/h4-15,29H,16-18H2,1-3H3,(H,32,33). The van der Waals surface area contributed by atoms with E-state index in [1.807, 2.05) is 60.7 Å². The lowest BCUT2D eigenvalue weighted by atomic mass is 10.1. The van der Waals surface area contributed by atoms with Gasteiger partial charge in [0.1, 0.15) is 22.9 Å². The summed E-state index contributed by atoms with van der Waals surface area (Å²) in [5, 5.41) is 18.1. The zero-order valence-electron chi connectivity index (χ0n) is 21.7. The Bertz CT molecular complexity index is 1370. The van der Waals surface area contributed by atoms with Crippen LogP contribution >= 0.6 is 0 Å². The normalized spacial score (nSPS) is 10.7. The van der Waals surface area contributed by atoms with Crippen molar-refractivity contribution in [3.8, 4) is 28.5 Å². The predicted octanol–water partition coefficient (Wildman–Crippen LogP) is 4.95. The number of carboxylic acids is 1. The van der Waals surface area contributed by atoms with E-state index in [-0.39, 0.29) is 30.6 Å². The molecule has 2 N–H and O–H groups in total. The molecule has 0 aliphatic rings. The number of aromatic carboxylic acids is 1. The highest BCUT2D eigenvalue weighted by molar-refractivity contribution is 5.98. The van der Waals surface area contributed by atoms with E-state index in [1.54, 1.807) is 17.9 Å². The lowest BCUT2D eigenvalue weighted by molar-refractivity contribution is -0.260. The molecule has 0 atom stereocenters. The summed E-state index contributed by atoms with van der Waals surface area (Å²) < 4.78 is 22.4. The molecule has 4 rings (SSSR count). The fourth-order valence-electron chi connectivity index (χ4n) is 3.75. The van der Waals surface area contributed by atoms with Gasteiger partial charge in [-0.1, -0.05) is 42.5 Å². The van der Waals surface area contributed by atoms with E-state index in [9.17, 15) is 9.90 Å². The lowest BCUT2D eigenvalue weighted by Gasteiger charge is -2.16. The quantitative estimate of drug-likeness (QED) is 0.0993. The third-order valence-electron chi connectivity index (χ3n) is 5.55. The molecule has 0 fully saturated rings. The molecule has 0 aliphatic heterocycles. The van der Waals surface area contributed by atoms with Crippen molar-refractivity contribution in [1.29, 1.82) is 0 Å². The molecule has 3 aromatic carbocycles. The summed E-state index contributed by atoms with van der Waals surface area (Å²) in [6, 6.07) is 22.1. The van der Waals surface area contributed by atoms with Crippen molar-refractivity contribution < 1.29 is 38.6 Å². The number of carboxylic acid groups (broad SMARTS) is 1. The van der Waals surface area contributed by atoms with Crippen molar-refractivity contribution in [3.63, 3.8) is 0 Å². The largest absolute Gasteiger partial charge is 0.497 e. The molecule has 0 radical (unpaired) electrons. The van der Waals surface area contributed by atoms with Gasteiger partial charge < -0.3 is 34.3 Å². The van der Waals surface area contributed by atoms with Crippen LogP contribution in [0, 0.1) is 0 Å². The fraction of sp³-hybridized carbons (Fsp3) is 0.214. The second kappa shape index (κ2) is 13.3. The van der Waals surface area contributed by atoms with Crippen molar-refractivity contribution in [2.75, 3.05) is 40.2 Å². The van der Waals surface area contributed by atoms with Gasteiger partial charge >= 0.3 is 5.97 Å². The molecule has 0 aliphatic carbocycles. The van der Waals surface area contributed by atoms with Crippen LogP contribution < -0.4 is 19.7 Å². The van der Waals surface area contributed by atoms with Gasteiger partial charge in [0.25, 0.3) is 0 Å². The molecule has 4 aromatic rings. The number of anilines is 2. The summed E-state index contributed by atoms with van der Waals surface area (Å²) in [7, 11) is 4.51. The zero-order valence-corrected chi connectivity index (χ0v) is 21.7. The number of hydrogen-bond donors (Lipinski definition) is 2. The molecule has 0 spiro atoms. The Kier molecular flexibility index (Phi) is 9.35. The Hall–Kier alpha value is -4.58. The van der Waals surface area contributed by atoms with Crippen LogP contribution in [0.15, 0.2) is 72.8 Å². The number of nitrogens with zero attached hydrogens (tertiary/aromatic N) is 2. The van der Waals surface area contributed by atoms with Gasteiger partial charge in [-0.3, -0.25) is 0 Å². The van der Waals surface area contributed by atoms with E-state index in [0.717, 1.165) is 16.9 Å². The van der Waals surface area contributed by atoms with Crippen molar-refractivity contribution in [2.45, 2.75) is 6.54 Å². The third kappa shape index (κ3) is 7.05. The van der Waals surface area contributed by atoms with Gasteiger partial charge in [0.05, 0.1) is 25.0 Å². The van der Waals surface area contributed by atoms with Crippen molar-refractivity contribution in [1.82, 2.24) is 9.78 Å². The SMILES string of the molecule is COCOOc1cc(OCOC)cc(Nc2cc(-c3ccccc3)nn2Cc2ccc(OC)cc2)c1C(=O)O. The van der Waals surface area contributed by atoms with Crippen molar-refractivity contribution in [3.05, 3.63) is 83.9 Å². The van der Waals surface area contributed by atoms with Crippen LogP contribution in [0.5, 0.6) is 17.2 Å². The van der Waals surface area contributed by atoms with E-state index in [2.05, 4.69) is 5.32 Å². The molecule has 1 heterocycles. The van der Waals surface area contributed by atoms with Crippen LogP contribution in [0.3, 0.4) is 0 Å². The number of carbonyl (C=O) groups is 1. The van der Waals surface area contributed by atoms with E-state index in [0.29, 0.717) is 23.8 Å². The number of benzene rings is 3. The minimum atomic E-state index is -1.24. The Morgan fingerprint density at radius 3 is 2.33 bits per heavy atom. The average molecular weight is 536 g/mol. The maximum Gasteiger partial charge on any atom is 0.341 e. The highest BCUT2D eigenvalue weighted by atomic mass is 17.2. The van der Waals surface area contributed by atoms with Gasteiger partial charge in [0.15, 0.2) is 19.3 Å². The van der Waals surface area contributed by atoms with Gasteiger partial charge in [-0.15, -0.1) is 0 Å². The summed E-state index contributed by atoms with van der Waals surface area (Å²) in [6.45, 7) is 0.138. The van der Waals surface area contributed by atoms with Crippen LogP contribution in [-0.2, 0) is 20.9 Å². The van der Waals surface area contributed by atoms with Crippen molar-refractivity contribution in [2.24, 2.45) is 0 Å². The Balaban J connectivity index is 1.77. The number of nitrogens with one attached hydrogen (secondary N) is 1. The highest BCUT2D eigenvalue weighted by Gasteiger charge is 2.22. The number of methoxy groups -OCH3 is 3. The average Bonchev–Trinajstić information content (AvgIpc) is 3.34. The van der Waals surface area contributed by atoms with Crippen LogP contribution in [0.2, 0.25) is 0 Å². The summed E-state index contributed by atoms with van der Waals surface area (Å²) in [6.07, 6.45) is 0. The van der Waals surface area contributed by atoms with E-state index in [1.165, 1.54) is 20.3 Å². The number of ether oxygens (including phenoxy) is 4. The van der Waals surface area contributed by atoms with Gasteiger partial charge in [0, 0.05) is 38.0 Å². The van der Waals surface area contributed by atoms with Crippen LogP contribution in [0.25, 0.3) is 11.3 Å². The Morgan fingerprint density at radius 1 is 0.923 bits per heavy atom. The molecular formula is C28H29N3O8. The second-order valence-electron chi connectivity index (χ2n) is 8.22. The second-order valence-corrected chi connectivity index (χ2v) is 8.22. The topological polar surface area (TPSA) is 123 Å². The maximum atomic E-state index is 12.3. The minimum absolute atomic E-state index is 0.0578. The number of hydrogen-bond acceptors (Lipinski definition) is 9. The first-order valence-corrected chi connectivity index (χ1v) is 11.9. The molecular weight excluding hydrogens is 506 g/mol. The lowest BCUT2D eigenvalue weighted by Crippen LogP contribution is -2.12. The van der Waals surface area contributed by atoms with E-state index >= 15 is 0 Å². The minimum Gasteiger partial charge on any atom is -0.497 e. The molecule has 0 saturated heterocycles. The first-order valence-electron chi connectivity index (χ1n) is 11.9. The first kappa shape index (κ1) is 27.5. The summed E-state index contributed by atoms with van der Waals surface area (Å²) in [5.74, 6) is 0.255. The monoisotopic (exact) mass is 535 g/mol. The Morgan fingerprint density at radius 2 is 1.67 bits per heavy atom. The molecule has 11 heteroatoms. The fourth-order valence-corrected chi connectivity index (χ4v) is 3.75. The summed E-state index contributed by atoms with van der Waals surface area (Å²) in [5.41, 5.74) is 2.60. The smallest absolute Gasteiger partial charge is 0.341 e. The van der Waals surface area contributed by atoms with E-state index < -0.39 is 5.97 Å². The van der Waals surface area contributed by atoms with Gasteiger partial charge in [0.2, 0.25) is 0 Å². The predicted molar refractivity (Wildman–Crippen MR) is 143 cm³/mol. The zero-order chi connectivity index (χ0) is 27.6. The summed E-state index contributed by atoms with van der Waals surface area (Å²) >= 11 is 0. The van der Waals surface area contributed by atoms with E-state index in [4.69, 9.17) is 33.8 Å². The van der Waals surface area contributed by atoms with Gasteiger partial charge in [-0.2, -0.15) is 9.99 Å². The molecule has 0 bridgehead atoms. The highest BCUT2D eigenvalue weighted by Crippen LogP contribution is 2.36. The van der Waals surface area contributed by atoms with Crippen molar-refractivity contribution >= 4 is 17.5 Å². The van der Waals surface area contributed by atoms with Gasteiger partial charge in [-0.25, -0.2) is 9.48 Å². The third-order valence-corrected chi connectivity index (χ3v) is 5.55. The maximum absolute atomic E-state index is 12.3. The van der Waals surface area contributed by atoms with Crippen LogP contribution in [0.4, 0.5) is 11.5 Å². The number of aromatic nitrogens is 2. The molecule has 1 aromatic heterocycles. The molecule has 0 saturated carbocycles. The van der Waals surface area contributed by atoms with Crippen LogP contribution in [0.1, 0.15) is 15.9 Å². The first-order chi connectivity index (χ1) is 19.0.